The lowest BCUT2D eigenvalue weighted by Crippen LogP contribution is -2.60. The Kier molecular flexibility index (Phi) is 6.81. The van der Waals surface area contributed by atoms with Crippen LogP contribution in [0.1, 0.15) is 46.5 Å². The molecule has 14 heteroatoms. The van der Waals surface area contributed by atoms with E-state index in [0.717, 1.165) is 30.8 Å². The number of thiazole rings is 1. The summed E-state index contributed by atoms with van der Waals surface area (Å²) < 4.78 is 44.5. The highest BCUT2D eigenvalue weighted by molar-refractivity contribution is 7.92. The van der Waals surface area contributed by atoms with Gasteiger partial charge in [0.15, 0.2) is 20.8 Å². The molecule has 3 saturated heterocycles. The number of carbonyl (C=O) groups is 1. The van der Waals surface area contributed by atoms with Crippen molar-refractivity contribution < 1.29 is 22.3 Å². The number of halogens is 1. The molecule has 11 nitrogen and oxygen atoms in total. The number of nitrogen functional groups attached to an aromatic ring is 1. The Morgan fingerprint density at radius 3 is 2.50 bits per heavy atom. The van der Waals surface area contributed by atoms with E-state index in [-0.39, 0.29) is 46.8 Å². The molecule has 1 aromatic carbocycles. The Morgan fingerprint density at radius 1 is 1.14 bits per heavy atom. The van der Waals surface area contributed by atoms with Gasteiger partial charge in [0, 0.05) is 48.4 Å². The van der Waals surface area contributed by atoms with E-state index in [1.807, 2.05) is 20.8 Å². The molecule has 3 aliphatic heterocycles. The Hall–Kier alpha value is -3.52. The van der Waals surface area contributed by atoms with Crippen molar-refractivity contribution in [2.24, 2.45) is 5.41 Å². The van der Waals surface area contributed by atoms with Crippen LogP contribution in [0.25, 0.3) is 21.8 Å². The predicted molar refractivity (Wildman–Crippen MR) is 168 cm³/mol. The van der Waals surface area contributed by atoms with Crippen LogP contribution in [0.5, 0.6) is 0 Å². The third-order valence-corrected chi connectivity index (χ3v) is 12.1. The molecule has 4 aliphatic rings. The molecule has 44 heavy (non-hydrogen) atoms. The topological polar surface area (TPSA) is 144 Å². The van der Waals surface area contributed by atoms with E-state index in [2.05, 4.69) is 15.2 Å². The molecule has 234 valence electrons. The number of likely N-dealkylation sites (tertiary alicyclic amines) is 1. The summed E-state index contributed by atoms with van der Waals surface area (Å²) in [6, 6.07) is 6.90. The number of carbonyl (C=O) groups excluding carboxylic acids is 1. The number of hydrogen-bond acceptors (Lipinski definition) is 11. The molecule has 2 atom stereocenters. The van der Waals surface area contributed by atoms with Crippen molar-refractivity contribution >= 4 is 44.0 Å². The number of nitrogens with one attached hydrogen (secondary N) is 1. The maximum atomic E-state index is 15.4. The minimum Gasteiger partial charge on any atom is -0.444 e. The summed E-state index contributed by atoms with van der Waals surface area (Å²) in [5.41, 5.74) is 6.67. The van der Waals surface area contributed by atoms with Crippen LogP contribution in [0.15, 0.2) is 30.5 Å². The zero-order chi connectivity index (χ0) is 31.0. The second kappa shape index (κ2) is 10.3. The van der Waals surface area contributed by atoms with E-state index in [1.54, 1.807) is 29.3 Å². The van der Waals surface area contributed by atoms with Crippen LogP contribution in [-0.4, -0.2) is 82.7 Å². The first-order valence-corrected chi connectivity index (χ1v) is 17.5. The van der Waals surface area contributed by atoms with E-state index in [0.29, 0.717) is 40.9 Å². The first-order chi connectivity index (χ1) is 20.8. The largest absolute Gasteiger partial charge is 0.444 e. The maximum absolute atomic E-state index is 15.4. The zero-order valence-corrected chi connectivity index (χ0v) is 26.5. The van der Waals surface area contributed by atoms with Gasteiger partial charge in [0.2, 0.25) is 5.95 Å². The number of hydrogen-bond donors (Lipinski definition) is 2. The summed E-state index contributed by atoms with van der Waals surface area (Å²) in [7, 11) is -2.89. The first-order valence-electron chi connectivity index (χ1n) is 14.9. The van der Waals surface area contributed by atoms with Crippen LogP contribution in [0.4, 0.5) is 26.0 Å². The van der Waals surface area contributed by atoms with Gasteiger partial charge in [-0.15, -0.1) is 0 Å². The second-order valence-corrected chi connectivity index (χ2v) is 16.6. The Labute approximate surface area is 260 Å². The molecule has 1 aliphatic carbocycles. The molecule has 3 aromatic rings. The zero-order valence-electron chi connectivity index (χ0n) is 24.9. The number of anilines is 3. The van der Waals surface area contributed by atoms with Crippen molar-refractivity contribution in [3.8, 4) is 21.8 Å². The standard InChI is InChI=1S/C30H36FN7O4S2/c1-29(2,3)42-28(39)37-13-18-7-8-19(14-37)38(18)27-36-24(20-5-4-6-21(32)23(20)31)25(43-27)22-9-10-33-26(35-22)34-17-11-30(12-17)15-44(40,41)16-30/h4-6,9-10,17-19H,7-8,11-16,32H2,1-3H3,(H,33,34,35). The van der Waals surface area contributed by atoms with Crippen molar-refractivity contribution in [2.45, 2.75) is 70.2 Å². The van der Waals surface area contributed by atoms with E-state index in [4.69, 9.17) is 20.4 Å². The molecule has 1 saturated carbocycles. The summed E-state index contributed by atoms with van der Waals surface area (Å²) in [5.74, 6) is 0.410. The van der Waals surface area contributed by atoms with E-state index < -0.39 is 21.3 Å². The Morgan fingerprint density at radius 2 is 1.84 bits per heavy atom. The number of rotatable bonds is 5. The van der Waals surface area contributed by atoms with Gasteiger partial charge in [-0.05, 0) is 64.7 Å². The average molecular weight is 642 g/mol. The highest BCUT2D eigenvalue weighted by atomic mass is 32.2. The van der Waals surface area contributed by atoms with E-state index >= 15 is 4.39 Å². The summed E-state index contributed by atoms with van der Waals surface area (Å²) in [4.78, 5) is 31.8. The van der Waals surface area contributed by atoms with Crippen molar-refractivity contribution in [1.82, 2.24) is 19.9 Å². The molecule has 7 rings (SSSR count). The molecule has 2 bridgehead atoms. The molecule has 2 unspecified atom stereocenters. The van der Waals surface area contributed by atoms with Gasteiger partial charge in [-0.3, -0.25) is 0 Å². The van der Waals surface area contributed by atoms with Crippen molar-refractivity contribution in [3.63, 3.8) is 0 Å². The van der Waals surface area contributed by atoms with Gasteiger partial charge in [-0.25, -0.2) is 32.6 Å². The van der Waals surface area contributed by atoms with Crippen molar-refractivity contribution in [3.05, 3.63) is 36.3 Å². The van der Waals surface area contributed by atoms with Crippen LogP contribution in [-0.2, 0) is 14.6 Å². The lowest BCUT2D eigenvalue weighted by atomic mass is 9.67. The van der Waals surface area contributed by atoms with Gasteiger partial charge in [-0.1, -0.05) is 17.4 Å². The minimum absolute atomic E-state index is 0.0380. The third kappa shape index (κ3) is 5.35. The number of amides is 1. The van der Waals surface area contributed by atoms with E-state index in [1.165, 1.54) is 17.4 Å². The monoisotopic (exact) mass is 641 g/mol. The summed E-state index contributed by atoms with van der Waals surface area (Å²) in [5, 5.41) is 4.10. The molecular weight excluding hydrogens is 606 g/mol. The van der Waals surface area contributed by atoms with Gasteiger partial charge in [0.1, 0.15) is 5.60 Å². The fourth-order valence-corrected chi connectivity index (χ4v) is 10.6. The molecule has 3 N–H and O–H groups in total. The number of piperazine rings is 1. The molecule has 5 heterocycles. The highest BCUT2D eigenvalue weighted by Crippen LogP contribution is 2.51. The number of ether oxygens (including phenoxy) is 1. The van der Waals surface area contributed by atoms with Crippen LogP contribution in [0.2, 0.25) is 0 Å². The lowest BCUT2D eigenvalue weighted by molar-refractivity contribution is 0.0209. The predicted octanol–water partition coefficient (Wildman–Crippen LogP) is 4.57. The van der Waals surface area contributed by atoms with Gasteiger partial charge < -0.3 is 25.6 Å². The number of nitrogens with zero attached hydrogens (tertiary/aromatic N) is 5. The second-order valence-electron chi connectivity index (χ2n) is 13.6. The van der Waals surface area contributed by atoms with E-state index in [9.17, 15) is 13.2 Å². The molecule has 4 fully saturated rings. The first kappa shape index (κ1) is 29.2. The molecular formula is C30H36FN7O4S2. The van der Waals surface area contributed by atoms with Crippen LogP contribution < -0.4 is 16.0 Å². The summed E-state index contributed by atoms with van der Waals surface area (Å²) in [6.07, 6.45) is 4.70. The van der Waals surface area contributed by atoms with Crippen LogP contribution in [0, 0.1) is 11.2 Å². The van der Waals surface area contributed by atoms with Crippen LogP contribution in [0.3, 0.4) is 0 Å². The quantitative estimate of drug-likeness (QED) is 0.381. The average Bonchev–Trinajstić information content (AvgIpc) is 3.45. The lowest BCUT2D eigenvalue weighted by Gasteiger charge is -2.53. The van der Waals surface area contributed by atoms with Crippen LogP contribution >= 0.6 is 11.3 Å². The maximum Gasteiger partial charge on any atom is 0.410 e. The van der Waals surface area contributed by atoms with Crippen molar-refractivity contribution in [2.75, 3.05) is 40.5 Å². The fraction of sp³-hybridized carbons (Fsp3) is 0.533. The SMILES string of the molecule is CC(C)(C)OC(=O)N1CC2CCC(C1)N2c1nc(-c2cccc(N)c2F)c(-c2ccnc(NC3CC4(C3)CS(=O)(=O)C4)n2)s1. The number of benzene rings is 1. The summed E-state index contributed by atoms with van der Waals surface area (Å²) >= 11 is 1.44. The minimum atomic E-state index is -2.89. The molecule has 2 aromatic heterocycles. The van der Waals surface area contributed by atoms with Gasteiger partial charge in [-0.2, -0.15) is 0 Å². The van der Waals surface area contributed by atoms with Crippen molar-refractivity contribution in [1.29, 1.82) is 0 Å². The van der Waals surface area contributed by atoms with Gasteiger partial charge >= 0.3 is 6.09 Å². The fourth-order valence-electron chi connectivity index (χ4n) is 7.15. The Bertz CT molecular complexity index is 1710. The normalized spacial score (nSPS) is 23.7. The summed E-state index contributed by atoms with van der Waals surface area (Å²) in [6.45, 7) is 6.63. The highest BCUT2D eigenvalue weighted by Gasteiger charge is 2.56. The van der Waals surface area contributed by atoms with Gasteiger partial charge in [0.25, 0.3) is 0 Å². The molecule has 0 radical (unpaired) electrons. The van der Waals surface area contributed by atoms with Gasteiger partial charge in [0.05, 0.1) is 33.5 Å². The third-order valence-electron chi connectivity index (χ3n) is 8.89. The smallest absolute Gasteiger partial charge is 0.410 e. The number of aromatic nitrogens is 3. The molecule has 1 spiro atoms. The molecule has 1 amide bonds. The number of fused-ring (bicyclic) bond motifs is 2. The number of nitrogens with two attached hydrogens (primary N) is 1. The Balaban J connectivity index is 1.18. The number of sulfone groups is 1.